The van der Waals surface area contributed by atoms with Crippen LogP contribution in [0.25, 0.3) is 10.9 Å². The standard InChI is InChI=1S/C18H19F3N2O5S/c1-2-28-17(25)11-5-7-23(8-6-11)29(26,27)12-3-4-15-13(9-12)14(18(19,20)21)10-16(24)22-15/h3-4,9-11H,2,5-8H2,1H3,(H,22,24). The maximum Gasteiger partial charge on any atom is 0.417 e. The van der Waals surface area contributed by atoms with E-state index in [2.05, 4.69) is 4.98 Å². The first-order valence-electron chi connectivity index (χ1n) is 8.95. The minimum Gasteiger partial charge on any atom is -0.466 e. The summed E-state index contributed by atoms with van der Waals surface area (Å²) in [5.41, 5.74) is -2.24. The molecule has 1 aliphatic rings. The van der Waals surface area contributed by atoms with Crippen molar-refractivity contribution in [3.05, 3.63) is 40.2 Å². The van der Waals surface area contributed by atoms with Crippen molar-refractivity contribution < 1.29 is 31.1 Å². The number of piperidine rings is 1. The summed E-state index contributed by atoms with van der Waals surface area (Å²) in [4.78, 5) is 25.3. The first kappa shape index (κ1) is 21.3. The third kappa shape index (κ3) is 4.30. The summed E-state index contributed by atoms with van der Waals surface area (Å²) in [6.07, 6.45) is -4.27. The molecule has 0 unspecified atom stereocenters. The van der Waals surface area contributed by atoms with Crippen molar-refractivity contribution in [3.63, 3.8) is 0 Å². The monoisotopic (exact) mass is 432 g/mol. The van der Waals surface area contributed by atoms with E-state index in [1.807, 2.05) is 0 Å². The lowest BCUT2D eigenvalue weighted by Gasteiger charge is -2.30. The van der Waals surface area contributed by atoms with Crippen LogP contribution in [0.1, 0.15) is 25.3 Å². The summed E-state index contributed by atoms with van der Waals surface area (Å²) in [5.74, 6) is -0.783. The van der Waals surface area contributed by atoms with Gasteiger partial charge < -0.3 is 9.72 Å². The number of aromatic nitrogens is 1. The summed E-state index contributed by atoms with van der Waals surface area (Å²) < 4.78 is 71.8. The molecule has 1 aromatic carbocycles. The molecular formula is C18H19F3N2O5S. The second kappa shape index (κ2) is 7.79. The Morgan fingerprint density at radius 3 is 2.48 bits per heavy atom. The molecule has 1 aliphatic heterocycles. The predicted octanol–water partition coefficient (Wildman–Crippen LogP) is 2.51. The number of fused-ring (bicyclic) bond motifs is 1. The number of sulfonamides is 1. The minimum atomic E-state index is -4.81. The zero-order valence-electron chi connectivity index (χ0n) is 15.5. The number of alkyl halides is 3. The van der Waals surface area contributed by atoms with Gasteiger partial charge >= 0.3 is 12.1 Å². The Bertz CT molecular complexity index is 1090. The lowest BCUT2D eigenvalue weighted by Crippen LogP contribution is -2.40. The number of pyridine rings is 1. The number of aromatic amines is 1. The molecule has 7 nitrogen and oxygen atoms in total. The zero-order valence-corrected chi connectivity index (χ0v) is 16.3. The Morgan fingerprint density at radius 1 is 1.24 bits per heavy atom. The van der Waals surface area contributed by atoms with E-state index in [9.17, 15) is 31.2 Å². The average Bonchev–Trinajstić information content (AvgIpc) is 2.66. The maximum atomic E-state index is 13.3. The number of rotatable bonds is 4. The van der Waals surface area contributed by atoms with Gasteiger partial charge in [-0.1, -0.05) is 0 Å². The molecule has 11 heteroatoms. The molecule has 3 rings (SSSR count). The first-order valence-corrected chi connectivity index (χ1v) is 10.4. The van der Waals surface area contributed by atoms with Crippen molar-refractivity contribution in [3.8, 4) is 0 Å². The van der Waals surface area contributed by atoms with Crippen LogP contribution in [0.3, 0.4) is 0 Å². The number of H-pyrrole nitrogens is 1. The molecule has 0 aliphatic carbocycles. The fourth-order valence-corrected chi connectivity index (χ4v) is 4.87. The van der Waals surface area contributed by atoms with Crippen molar-refractivity contribution in [2.24, 2.45) is 5.92 Å². The van der Waals surface area contributed by atoms with Crippen LogP contribution in [0.5, 0.6) is 0 Å². The molecule has 0 spiro atoms. The Balaban J connectivity index is 1.93. The highest BCUT2D eigenvalue weighted by atomic mass is 32.2. The van der Waals surface area contributed by atoms with Gasteiger partial charge in [0.1, 0.15) is 0 Å². The number of carbonyl (C=O) groups excluding carboxylic acids is 1. The van der Waals surface area contributed by atoms with E-state index in [1.165, 1.54) is 0 Å². The Morgan fingerprint density at radius 2 is 1.90 bits per heavy atom. The number of nitrogens with one attached hydrogen (secondary N) is 1. The molecule has 0 saturated carbocycles. The lowest BCUT2D eigenvalue weighted by atomic mass is 9.98. The second-order valence-corrected chi connectivity index (χ2v) is 8.62. The average molecular weight is 432 g/mol. The molecule has 0 radical (unpaired) electrons. The van der Waals surface area contributed by atoms with Gasteiger partial charge in [0.15, 0.2) is 0 Å². The zero-order chi connectivity index (χ0) is 21.4. The highest BCUT2D eigenvalue weighted by Crippen LogP contribution is 2.34. The maximum absolute atomic E-state index is 13.3. The van der Waals surface area contributed by atoms with E-state index in [0.717, 1.165) is 22.5 Å². The quantitative estimate of drug-likeness (QED) is 0.749. The fourth-order valence-electron chi connectivity index (χ4n) is 3.37. The van der Waals surface area contributed by atoms with Gasteiger partial charge in [0.25, 0.3) is 0 Å². The van der Waals surface area contributed by atoms with Gasteiger partial charge in [-0.15, -0.1) is 0 Å². The summed E-state index contributed by atoms with van der Waals surface area (Å²) in [7, 11) is -4.07. The normalized spacial score (nSPS) is 16.8. The van der Waals surface area contributed by atoms with Gasteiger partial charge in [-0.3, -0.25) is 9.59 Å². The molecule has 2 heterocycles. The second-order valence-electron chi connectivity index (χ2n) is 6.68. The smallest absolute Gasteiger partial charge is 0.417 e. The number of halogens is 3. The molecule has 1 N–H and O–H groups in total. The van der Waals surface area contributed by atoms with E-state index < -0.39 is 38.6 Å². The summed E-state index contributed by atoms with van der Waals surface area (Å²) in [5, 5.41) is -0.403. The van der Waals surface area contributed by atoms with Crippen molar-refractivity contribution in [1.82, 2.24) is 9.29 Å². The number of nitrogens with zero attached hydrogens (tertiary/aromatic N) is 1. The van der Waals surface area contributed by atoms with Crippen LogP contribution in [-0.2, 0) is 25.7 Å². The predicted molar refractivity (Wildman–Crippen MR) is 97.7 cm³/mol. The van der Waals surface area contributed by atoms with Crippen LogP contribution in [0.15, 0.2) is 34.0 Å². The highest BCUT2D eigenvalue weighted by Gasteiger charge is 2.35. The minimum absolute atomic E-state index is 0.0571. The van der Waals surface area contributed by atoms with Gasteiger partial charge in [0.05, 0.1) is 23.0 Å². The summed E-state index contributed by atoms with van der Waals surface area (Å²) in [6.45, 7) is 2.03. The molecule has 2 aromatic rings. The van der Waals surface area contributed by atoms with Crippen LogP contribution in [0, 0.1) is 5.92 Å². The largest absolute Gasteiger partial charge is 0.466 e. The van der Waals surface area contributed by atoms with Crippen molar-refractivity contribution in [2.75, 3.05) is 19.7 Å². The van der Waals surface area contributed by atoms with Crippen molar-refractivity contribution >= 4 is 26.9 Å². The highest BCUT2D eigenvalue weighted by molar-refractivity contribution is 7.89. The number of benzene rings is 1. The van der Waals surface area contributed by atoms with Crippen molar-refractivity contribution in [1.29, 1.82) is 0 Å². The molecule has 1 fully saturated rings. The van der Waals surface area contributed by atoms with Gasteiger partial charge in [-0.2, -0.15) is 17.5 Å². The number of carbonyl (C=O) groups is 1. The SMILES string of the molecule is CCOC(=O)C1CCN(S(=O)(=O)c2ccc3[nH]c(=O)cc(C(F)(F)F)c3c2)CC1. The summed E-state index contributed by atoms with van der Waals surface area (Å²) >= 11 is 0. The van der Waals surface area contributed by atoms with E-state index in [-0.39, 0.29) is 48.9 Å². The molecule has 29 heavy (non-hydrogen) atoms. The molecule has 158 valence electrons. The Kier molecular flexibility index (Phi) is 5.72. The van der Waals surface area contributed by atoms with Crippen LogP contribution in [0.2, 0.25) is 0 Å². The first-order chi connectivity index (χ1) is 13.5. The molecule has 0 atom stereocenters. The molecule has 0 bridgehead atoms. The molecular weight excluding hydrogens is 413 g/mol. The number of hydrogen-bond acceptors (Lipinski definition) is 5. The number of esters is 1. The van der Waals surface area contributed by atoms with Gasteiger partial charge in [-0.05, 0) is 38.0 Å². The number of hydrogen-bond donors (Lipinski definition) is 1. The fraction of sp³-hybridized carbons (Fsp3) is 0.444. The Labute approximate surface area is 164 Å². The lowest BCUT2D eigenvalue weighted by molar-refractivity contribution is -0.149. The van der Waals surface area contributed by atoms with E-state index in [1.54, 1.807) is 6.92 Å². The van der Waals surface area contributed by atoms with E-state index >= 15 is 0 Å². The van der Waals surface area contributed by atoms with E-state index in [0.29, 0.717) is 6.07 Å². The van der Waals surface area contributed by atoms with Gasteiger partial charge in [0, 0.05) is 30.1 Å². The van der Waals surface area contributed by atoms with E-state index in [4.69, 9.17) is 4.74 Å². The third-order valence-corrected chi connectivity index (χ3v) is 6.73. The summed E-state index contributed by atoms with van der Waals surface area (Å²) in [6, 6.07) is 3.62. The van der Waals surface area contributed by atoms with Crippen LogP contribution >= 0.6 is 0 Å². The van der Waals surface area contributed by atoms with Gasteiger partial charge in [-0.25, -0.2) is 8.42 Å². The molecule has 1 saturated heterocycles. The van der Waals surface area contributed by atoms with Crippen molar-refractivity contribution in [2.45, 2.75) is 30.8 Å². The molecule has 0 amide bonds. The van der Waals surface area contributed by atoms with Crippen LogP contribution in [-0.4, -0.2) is 43.4 Å². The Hall–Kier alpha value is -2.40. The third-order valence-electron chi connectivity index (χ3n) is 4.83. The topological polar surface area (TPSA) is 96.5 Å². The van der Waals surface area contributed by atoms with Crippen LogP contribution < -0.4 is 5.56 Å². The molecule has 1 aromatic heterocycles. The van der Waals surface area contributed by atoms with Crippen LogP contribution in [0.4, 0.5) is 13.2 Å². The van der Waals surface area contributed by atoms with Gasteiger partial charge in [0.2, 0.25) is 15.6 Å². The number of ether oxygens (including phenoxy) is 1.